The van der Waals surface area contributed by atoms with Crippen LogP contribution in [0.2, 0.25) is 0 Å². The normalized spacial score (nSPS) is 11.7. The molecule has 0 saturated carbocycles. The van der Waals surface area contributed by atoms with Crippen LogP contribution < -0.4 is 20.1 Å². The molecule has 0 aliphatic rings. The van der Waals surface area contributed by atoms with Gasteiger partial charge in [-0.15, -0.1) is 26.3 Å². The molecule has 2 N–H and O–H groups in total. The van der Waals surface area contributed by atoms with Crippen LogP contribution in [-0.2, 0) is 0 Å². The Hall–Kier alpha value is -3.56. The highest BCUT2D eigenvalue weighted by Crippen LogP contribution is 2.29. The summed E-state index contributed by atoms with van der Waals surface area (Å²) < 4.78 is 81.6. The van der Waals surface area contributed by atoms with Crippen molar-refractivity contribution >= 4 is 22.7 Å². The number of hydrogen-bond acceptors (Lipinski definition) is 4. The van der Waals surface area contributed by atoms with Gasteiger partial charge in [0.2, 0.25) is 0 Å². The highest BCUT2D eigenvalue weighted by Gasteiger charge is 2.31. The summed E-state index contributed by atoms with van der Waals surface area (Å²) in [6.07, 6.45) is -9.57. The Morgan fingerprint density at radius 2 is 0.867 bits per heavy atom. The number of hydrogen-bond donors (Lipinski definition) is 2. The first-order valence-electron chi connectivity index (χ1n) is 8.41. The van der Waals surface area contributed by atoms with Crippen LogP contribution in [0.25, 0.3) is 0 Å². The van der Waals surface area contributed by atoms with Crippen molar-refractivity contribution in [3.8, 4) is 11.5 Å². The Morgan fingerprint density at radius 3 is 1.20 bits per heavy atom. The Kier molecular flexibility index (Phi) is 5.95. The van der Waals surface area contributed by atoms with Gasteiger partial charge in [0, 0.05) is 34.9 Å². The molecule has 0 radical (unpaired) electrons. The largest absolute Gasteiger partial charge is 0.573 e. The average molecular weight is 428 g/mol. The molecule has 0 heterocycles. The lowest BCUT2D eigenvalue weighted by Gasteiger charge is -2.13. The van der Waals surface area contributed by atoms with Gasteiger partial charge in [0.05, 0.1) is 0 Å². The topological polar surface area (TPSA) is 42.5 Å². The van der Waals surface area contributed by atoms with Crippen molar-refractivity contribution in [2.45, 2.75) is 12.7 Å². The highest BCUT2D eigenvalue weighted by atomic mass is 19.4. The van der Waals surface area contributed by atoms with E-state index in [0.29, 0.717) is 22.7 Å². The molecule has 3 aromatic rings. The number of halogens is 6. The zero-order valence-corrected chi connectivity index (χ0v) is 15.0. The van der Waals surface area contributed by atoms with Gasteiger partial charge in [-0.2, -0.15) is 0 Å². The molecule has 3 aromatic carbocycles. The maximum absolute atomic E-state index is 12.3. The minimum Gasteiger partial charge on any atom is -0.406 e. The molecule has 10 heteroatoms. The minimum absolute atomic E-state index is 0.355. The maximum Gasteiger partial charge on any atom is 0.573 e. The molecule has 158 valence electrons. The molecule has 0 aromatic heterocycles. The van der Waals surface area contributed by atoms with Gasteiger partial charge in [-0.25, -0.2) is 0 Å². The van der Waals surface area contributed by atoms with E-state index in [1.54, 1.807) is 36.4 Å². The Morgan fingerprint density at radius 1 is 0.500 bits per heavy atom. The number of rotatable bonds is 6. The fourth-order valence-electron chi connectivity index (χ4n) is 2.51. The van der Waals surface area contributed by atoms with E-state index in [-0.39, 0.29) is 11.5 Å². The van der Waals surface area contributed by atoms with Crippen molar-refractivity contribution in [2.75, 3.05) is 10.6 Å². The third-order valence-electron chi connectivity index (χ3n) is 3.60. The van der Waals surface area contributed by atoms with Gasteiger partial charge in [-0.05, 0) is 48.5 Å². The summed E-state index contributed by atoms with van der Waals surface area (Å²) >= 11 is 0. The van der Waals surface area contributed by atoms with Crippen LogP contribution in [-0.4, -0.2) is 12.7 Å². The second-order valence-corrected chi connectivity index (χ2v) is 5.98. The molecule has 0 atom stereocenters. The third kappa shape index (κ3) is 6.80. The minimum atomic E-state index is -4.78. The molecular formula is C20H14F6N2O2. The predicted molar refractivity (Wildman–Crippen MR) is 99.3 cm³/mol. The lowest BCUT2D eigenvalue weighted by Crippen LogP contribution is -2.17. The van der Waals surface area contributed by atoms with Gasteiger partial charge < -0.3 is 20.1 Å². The first-order chi connectivity index (χ1) is 14.1. The van der Waals surface area contributed by atoms with E-state index in [1.807, 2.05) is 0 Å². The summed E-state index contributed by atoms with van der Waals surface area (Å²) in [5.74, 6) is -0.710. The van der Waals surface area contributed by atoms with Crippen LogP contribution in [0.15, 0.2) is 72.8 Å². The summed E-state index contributed by atoms with van der Waals surface area (Å²) in [4.78, 5) is 0. The van der Waals surface area contributed by atoms with Crippen LogP contribution in [0.1, 0.15) is 0 Å². The first-order valence-corrected chi connectivity index (χ1v) is 8.41. The molecule has 0 saturated heterocycles. The second-order valence-electron chi connectivity index (χ2n) is 5.98. The molecule has 0 spiro atoms. The summed E-state index contributed by atoms with van der Waals surface area (Å²) in [7, 11) is 0. The van der Waals surface area contributed by atoms with E-state index in [1.165, 1.54) is 36.4 Å². The fourth-order valence-corrected chi connectivity index (χ4v) is 2.51. The van der Waals surface area contributed by atoms with E-state index < -0.39 is 12.7 Å². The molecule has 4 nitrogen and oxygen atoms in total. The lowest BCUT2D eigenvalue weighted by molar-refractivity contribution is -0.275. The van der Waals surface area contributed by atoms with Crippen molar-refractivity contribution in [3.05, 3.63) is 72.8 Å². The third-order valence-corrected chi connectivity index (χ3v) is 3.60. The van der Waals surface area contributed by atoms with Crippen LogP contribution in [0.3, 0.4) is 0 Å². The van der Waals surface area contributed by atoms with E-state index >= 15 is 0 Å². The van der Waals surface area contributed by atoms with Crippen LogP contribution >= 0.6 is 0 Å². The average Bonchev–Trinajstić information content (AvgIpc) is 2.61. The second kappa shape index (κ2) is 8.44. The monoisotopic (exact) mass is 428 g/mol. The summed E-state index contributed by atoms with van der Waals surface area (Å²) in [5, 5.41) is 5.87. The molecular weight excluding hydrogens is 414 g/mol. The molecule has 0 amide bonds. The highest BCUT2D eigenvalue weighted by molar-refractivity contribution is 5.67. The number of benzene rings is 3. The molecule has 3 rings (SSSR count). The van der Waals surface area contributed by atoms with Crippen molar-refractivity contribution in [1.29, 1.82) is 0 Å². The standard InChI is InChI=1S/C20H14F6N2O2/c21-19(22,23)29-17-5-1-3-15(11-17)27-13-7-9-14(10-8-13)28-16-4-2-6-18(12-16)30-20(24,25)26/h1-12,27-28H. The fraction of sp³-hybridized carbons (Fsp3) is 0.100. The molecule has 0 unspecified atom stereocenters. The van der Waals surface area contributed by atoms with Gasteiger partial charge in [0.25, 0.3) is 0 Å². The molecule has 0 aliphatic carbocycles. The van der Waals surface area contributed by atoms with Crippen LogP contribution in [0, 0.1) is 0 Å². The lowest BCUT2D eigenvalue weighted by atomic mass is 10.2. The van der Waals surface area contributed by atoms with Gasteiger partial charge >= 0.3 is 12.7 Å². The van der Waals surface area contributed by atoms with E-state index in [2.05, 4.69) is 20.1 Å². The summed E-state index contributed by atoms with van der Waals surface area (Å²) in [6.45, 7) is 0. The number of nitrogens with one attached hydrogen (secondary N) is 2. The SMILES string of the molecule is FC(F)(F)Oc1cccc(Nc2ccc(Nc3cccc(OC(F)(F)F)c3)cc2)c1. The number of anilines is 4. The number of ether oxygens (including phenoxy) is 2. The van der Waals surface area contributed by atoms with Gasteiger partial charge in [-0.3, -0.25) is 0 Å². The molecule has 30 heavy (non-hydrogen) atoms. The van der Waals surface area contributed by atoms with Crippen molar-refractivity contribution in [3.63, 3.8) is 0 Å². The van der Waals surface area contributed by atoms with Crippen molar-refractivity contribution in [1.82, 2.24) is 0 Å². The molecule has 0 bridgehead atoms. The number of alkyl halides is 6. The van der Waals surface area contributed by atoms with Gasteiger partial charge in [0.15, 0.2) is 0 Å². The van der Waals surface area contributed by atoms with Gasteiger partial charge in [-0.1, -0.05) is 12.1 Å². The van der Waals surface area contributed by atoms with Crippen molar-refractivity contribution < 1.29 is 35.8 Å². The van der Waals surface area contributed by atoms with E-state index in [0.717, 1.165) is 0 Å². The Bertz CT molecular complexity index is 907. The predicted octanol–water partition coefficient (Wildman–Crippen LogP) is 6.97. The quantitative estimate of drug-likeness (QED) is 0.416. The summed E-state index contributed by atoms with van der Waals surface area (Å²) in [6, 6.07) is 17.3. The smallest absolute Gasteiger partial charge is 0.406 e. The maximum atomic E-state index is 12.3. The Balaban J connectivity index is 1.65. The van der Waals surface area contributed by atoms with Crippen LogP contribution in [0.5, 0.6) is 11.5 Å². The zero-order chi connectivity index (χ0) is 21.8. The summed E-state index contributed by atoms with van der Waals surface area (Å²) in [5.41, 5.74) is 1.93. The van der Waals surface area contributed by atoms with Gasteiger partial charge in [0.1, 0.15) is 11.5 Å². The van der Waals surface area contributed by atoms with E-state index in [9.17, 15) is 26.3 Å². The molecule has 0 fully saturated rings. The van der Waals surface area contributed by atoms with Crippen molar-refractivity contribution in [2.24, 2.45) is 0 Å². The first kappa shape index (κ1) is 21.2. The Labute approximate surface area is 167 Å². The van der Waals surface area contributed by atoms with E-state index in [4.69, 9.17) is 0 Å². The van der Waals surface area contributed by atoms with Crippen LogP contribution in [0.4, 0.5) is 49.1 Å². The molecule has 0 aliphatic heterocycles. The zero-order valence-electron chi connectivity index (χ0n) is 15.0.